The lowest BCUT2D eigenvalue weighted by Crippen LogP contribution is -2.38. The van der Waals surface area contributed by atoms with Crippen LogP contribution in [0.4, 0.5) is 5.69 Å². The third kappa shape index (κ3) is 3.55. The van der Waals surface area contributed by atoms with Gasteiger partial charge in [-0.2, -0.15) is 4.72 Å². The van der Waals surface area contributed by atoms with E-state index in [1.165, 1.54) is 37.5 Å². The average Bonchev–Trinajstić information content (AvgIpc) is 2.52. The molecule has 0 radical (unpaired) electrons. The minimum atomic E-state index is -4.02. The molecule has 0 fully saturated rings. The molecule has 0 bridgehead atoms. The van der Waals surface area contributed by atoms with Gasteiger partial charge in [-0.1, -0.05) is 6.07 Å². The standard InChI is InChI=1S/C13H14ClN5O4S/c1-7(12(20)21)18-24(22,23)9-2-3-10-8(4-9)5-17-6-11(10)19(14)13(15)16/h2-7,18H,1H3,(H3,15,16)(H,20,21)/t7-/m1/s1. The van der Waals surface area contributed by atoms with Gasteiger partial charge in [-0.05, 0) is 19.1 Å². The van der Waals surface area contributed by atoms with Gasteiger partial charge in [0.25, 0.3) is 0 Å². The fourth-order valence-electron chi connectivity index (χ4n) is 1.94. The van der Waals surface area contributed by atoms with E-state index >= 15 is 0 Å². The number of carbonyl (C=O) groups is 1. The van der Waals surface area contributed by atoms with E-state index in [-0.39, 0.29) is 4.90 Å². The van der Waals surface area contributed by atoms with Crippen LogP contribution < -0.4 is 14.9 Å². The quantitative estimate of drug-likeness (QED) is 0.345. The minimum absolute atomic E-state index is 0.119. The van der Waals surface area contributed by atoms with Crippen molar-refractivity contribution in [2.24, 2.45) is 5.73 Å². The number of anilines is 1. The highest BCUT2D eigenvalue weighted by Gasteiger charge is 2.22. The monoisotopic (exact) mass is 371 g/mol. The molecular weight excluding hydrogens is 358 g/mol. The highest BCUT2D eigenvalue weighted by Crippen LogP contribution is 2.28. The van der Waals surface area contributed by atoms with Crippen molar-refractivity contribution in [3.05, 3.63) is 30.6 Å². The van der Waals surface area contributed by atoms with E-state index in [2.05, 4.69) is 9.71 Å². The fourth-order valence-corrected chi connectivity index (χ4v) is 3.31. The van der Waals surface area contributed by atoms with Crippen molar-refractivity contribution in [2.45, 2.75) is 17.9 Å². The van der Waals surface area contributed by atoms with Crippen molar-refractivity contribution < 1.29 is 18.3 Å². The summed E-state index contributed by atoms with van der Waals surface area (Å²) in [6.07, 6.45) is 2.80. The molecule has 24 heavy (non-hydrogen) atoms. The second-order valence-corrected chi connectivity index (χ2v) is 6.94. The molecule has 0 unspecified atom stereocenters. The minimum Gasteiger partial charge on any atom is -0.480 e. The van der Waals surface area contributed by atoms with E-state index in [9.17, 15) is 13.2 Å². The lowest BCUT2D eigenvalue weighted by Gasteiger charge is -2.16. The molecule has 0 saturated heterocycles. The van der Waals surface area contributed by atoms with E-state index in [1.54, 1.807) is 0 Å². The molecule has 5 N–H and O–H groups in total. The van der Waals surface area contributed by atoms with Crippen LogP contribution in [0.3, 0.4) is 0 Å². The van der Waals surface area contributed by atoms with E-state index in [4.69, 9.17) is 28.0 Å². The molecule has 1 heterocycles. The van der Waals surface area contributed by atoms with Crippen LogP contribution in [-0.4, -0.2) is 36.5 Å². The Hall–Kier alpha value is -2.43. The van der Waals surface area contributed by atoms with Gasteiger partial charge in [-0.3, -0.25) is 15.2 Å². The summed E-state index contributed by atoms with van der Waals surface area (Å²) < 4.78 is 27.4. The average molecular weight is 372 g/mol. The first-order chi connectivity index (χ1) is 11.1. The maximum atomic E-state index is 12.2. The molecule has 1 atom stereocenters. The highest BCUT2D eigenvalue weighted by atomic mass is 35.5. The summed E-state index contributed by atoms with van der Waals surface area (Å²) in [6, 6.07) is 2.83. The smallest absolute Gasteiger partial charge is 0.321 e. The molecule has 0 saturated carbocycles. The number of nitrogens with zero attached hydrogens (tertiary/aromatic N) is 2. The topological polar surface area (TPSA) is 149 Å². The van der Waals surface area contributed by atoms with E-state index in [0.717, 1.165) is 4.42 Å². The van der Waals surface area contributed by atoms with Gasteiger partial charge in [-0.25, -0.2) is 12.8 Å². The molecule has 9 nitrogen and oxygen atoms in total. The van der Waals surface area contributed by atoms with Crippen molar-refractivity contribution in [1.82, 2.24) is 9.71 Å². The summed E-state index contributed by atoms with van der Waals surface area (Å²) in [4.78, 5) is 14.6. The number of aliphatic carboxylic acids is 1. The van der Waals surface area contributed by atoms with Crippen LogP contribution in [0, 0.1) is 5.41 Å². The number of halogens is 1. The Balaban J connectivity index is 2.50. The summed E-state index contributed by atoms with van der Waals surface area (Å²) in [5.74, 6) is -1.71. The molecule has 0 amide bonds. The summed E-state index contributed by atoms with van der Waals surface area (Å²) in [6.45, 7) is 1.22. The van der Waals surface area contributed by atoms with Gasteiger partial charge >= 0.3 is 5.97 Å². The first-order valence-electron chi connectivity index (χ1n) is 6.56. The zero-order chi connectivity index (χ0) is 18.1. The normalized spacial score (nSPS) is 12.8. The molecule has 0 aliphatic heterocycles. The second-order valence-electron chi connectivity index (χ2n) is 4.89. The third-order valence-electron chi connectivity index (χ3n) is 3.15. The fraction of sp³-hybridized carbons (Fsp3) is 0.154. The van der Waals surface area contributed by atoms with Crippen molar-refractivity contribution in [3.63, 3.8) is 0 Å². The second kappa shape index (κ2) is 6.59. The lowest BCUT2D eigenvalue weighted by atomic mass is 10.1. The molecule has 0 aliphatic carbocycles. The Bertz CT molecular complexity index is 918. The summed E-state index contributed by atoms with van der Waals surface area (Å²) >= 11 is 5.90. The number of nitrogens with one attached hydrogen (secondary N) is 2. The van der Waals surface area contributed by atoms with Crippen LogP contribution in [0.5, 0.6) is 0 Å². The zero-order valence-corrected chi connectivity index (χ0v) is 14.0. The molecule has 11 heteroatoms. The van der Waals surface area contributed by atoms with Gasteiger partial charge in [0.15, 0.2) is 0 Å². The number of aromatic nitrogens is 1. The number of nitrogens with two attached hydrogens (primary N) is 1. The zero-order valence-electron chi connectivity index (χ0n) is 12.4. The van der Waals surface area contributed by atoms with Crippen LogP contribution >= 0.6 is 11.8 Å². The first kappa shape index (κ1) is 17.9. The molecule has 0 aliphatic rings. The first-order valence-corrected chi connectivity index (χ1v) is 8.38. The number of pyridine rings is 1. The molecule has 2 rings (SSSR count). The number of rotatable bonds is 5. The van der Waals surface area contributed by atoms with E-state index in [1.807, 2.05) is 0 Å². The van der Waals surface area contributed by atoms with Gasteiger partial charge in [0.1, 0.15) is 6.04 Å². The van der Waals surface area contributed by atoms with Crippen molar-refractivity contribution >= 4 is 50.2 Å². The summed E-state index contributed by atoms with van der Waals surface area (Å²) in [7, 11) is -4.02. The Morgan fingerprint density at radius 1 is 1.46 bits per heavy atom. The number of fused-ring (bicyclic) bond motifs is 1. The Labute approximate surface area is 142 Å². The van der Waals surface area contributed by atoms with Crippen LogP contribution in [0.2, 0.25) is 0 Å². The number of hydrogen-bond donors (Lipinski definition) is 4. The third-order valence-corrected chi connectivity index (χ3v) is 5.05. The van der Waals surface area contributed by atoms with Crippen molar-refractivity contribution in [1.29, 1.82) is 5.41 Å². The largest absolute Gasteiger partial charge is 0.480 e. The molecule has 128 valence electrons. The van der Waals surface area contributed by atoms with Gasteiger partial charge in [0.05, 0.1) is 16.8 Å². The maximum absolute atomic E-state index is 12.2. The SMILES string of the molecule is C[C@@H](NS(=O)(=O)c1ccc2c(N(Cl)C(=N)N)cncc2c1)C(=O)O. The molecular formula is C13H14ClN5O4S. The highest BCUT2D eigenvalue weighted by molar-refractivity contribution is 7.89. The number of carboxylic acid groups (broad SMARTS) is 1. The molecule has 0 spiro atoms. The predicted molar refractivity (Wildman–Crippen MR) is 89.4 cm³/mol. The Morgan fingerprint density at radius 2 is 2.12 bits per heavy atom. The molecule has 2 aromatic rings. The molecule has 1 aromatic carbocycles. The van der Waals surface area contributed by atoms with Gasteiger partial charge in [0.2, 0.25) is 16.0 Å². The van der Waals surface area contributed by atoms with Crippen molar-refractivity contribution in [2.75, 3.05) is 4.42 Å². The molecule has 1 aromatic heterocycles. The van der Waals surface area contributed by atoms with Gasteiger partial charge < -0.3 is 10.8 Å². The lowest BCUT2D eigenvalue weighted by molar-refractivity contribution is -0.138. The van der Waals surface area contributed by atoms with Crippen molar-refractivity contribution in [3.8, 4) is 0 Å². The predicted octanol–water partition coefficient (Wildman–Crippen LogP) is 0.840. The summed E-state index contributed by atoms with van der Waals surface area (Å²) in [5, 5.41) is 17.1. The number of guanidine groups is 1. The maximum Gasteiger partial charge on any atom is 0.321 e. The number of carboxylic acids is 1. The van der Waals surface area contributed by atoms with Crippen LogP contribution in [0.1, 0.15) is 6.92 Å². The van der Waals surface area contributed by atoms with E-state index < -0.39 is 28.0 Å². The van der Waals surface area contributed by atoms with Crippen LogP contribution in [0.25, 0.3) is 10.8 Å². The van der Waals surface area contributed by atoms with Crippen LogP contribution in [-0.2, 0) is 14.8 Å². The Kier molecular flexibility index (Phi) is 4.92. The Morgan fingerprint density at radius 3 is 2.71 bits per heavy atom. The number of hydrogen-bond acceptors (Lipinski definition) is 5. The summed E-state index contributed by atoms with van der Waals surface area (Å²) in [5.41, 5.74) is 5.65. The number of benzene rings is 1. The van der Waals surface area contributed by atoms with E-state index in [0.29, 0.717) is 16.5 Å². The van der Waals surface area contributed by atoms with Gasteiger partial charge in [0, 0.05) is 28.7 Å². The number of sulfonamides is 1. The van der Waals surface area contributed by atoms with Crippen LogP contribution in [0.15, 0.2) is 35.5 Å². The van der Waals surface area contributed by atoms with Gasteiger partial charge in [-0.15, -0.1) is 0 Å².